The molecule has 1 saturated heterocycles. The van der Waals surface area contributed by atoms with E-state index in [1.165, 1.54) is 12.8 Å². The first-order valence-corrected chi connectivity index (χ1v) is 7.08. The molecule has 0 aromatic heterocycles. The standard InChI is InChI=1S/C12H20O2S/c1-9-12(6-7-14-9)15-8-11(13)10-4-2-3-5-10/h9-10,12H,2-8H2,1H3. The van der Waals surface area contributed by atoms with Gasteiger partial charge >= 0.3 is 0 Å². The van der Waals surface area contributed by atoms with Crippen LogP contribution in [-0.4, -0.2) is 29.5 Å². The molecule has 86 valence electrons. The maximum Gasteiger partial charge on any atom is 0.145 e. The second-order valence-electron chi connectivity index (χ2n) is 4.66. The number of Topliss-reactive ketones (excluding diaryl/α,β-unsaturated/α-hetero) is 1. The molecule has 1 aliphatic heterocycles. The summed E-state index contributed by atoms with van der Waals surface area (Å²) >= 11 is 1.81. The van der Waals surface area contributed by atoms with Crippen LogP contribution >= 0.6 is 11.8 Å². The summed E-state index contributed by atoms with van der Waals surface area (Å²) < 4.78 is 5.49. The molecule has 0 aromatic carbocycles. The van der Waals surface area contributed by atoms with Crippen LogP contribution in [0.3, 0.4) is 0 Å². The van der Waals surface area contributed by atoms with E-state index in [0.29, 0.717) is 28.8 Å². The Morgan fingerprint density at radius 2 is 2.07 bits per heavy atom. The SMILES string of the molecule is CC1OCCC1SCC(=O)C1CCCC1. The maximum atomic E-state index is 11.8. The molecule has 0 N–H and O–H groups in total. The van der Waals surface area contributed by atoms with Crippen LogP contribution in [-0.2, 0) is 9.53 Å². The van der Waals surface area contributed by atoms with Gasteiger partial charge in [0.15, 0.2) is 0 Å². The zero-order valence-electron chi connectivity index (χ0n) is 9.41. The van der Waals surface area contributed by atoms with Crippen LogP contribution in [0.4, 0.5) is 0 Å². The van der Waals surface area contributed by atoms with Crippen LogP contribution in [0.2, 0.25) is 0 Å². The Bertz CT molecular complexity index is 224. The molecule has 2 nitrogen and oxygen atoms in total. The Balaban J connectivity index is 1.70. The van der Waals surface area contributed by atoms with Crippen molar-refractivity contribution in [1.82, 2.24) is 0 Å². The lowest BCUT2D eigenvalue weighted by Crippen LogP contribution is -2.19. The van der Waals surface area contributed by atoms with Crippen molar-refractivity contribution in [3.8, 4) is 0 Å². The fourth-order valence-electron chi connectivity index (χ4n) is 2.49. The topological polar surface area (TPSA) is 26.3 Å². The molecule has 2 atom stereocenters. The lowest BCUT2D eigenvalue weighted by atomic mass is 10.0. The van der Waals surface area contributed by atoms with Crippen molar-refractivity contribution in [3.63, 3.8) is 0 Å². The van der Waals surface area contributed by atoms with Crippen molar-refractivity contribution >= 4 is 17.5 Å². The highest BCUT2D eigenvalue weighted by atomic mass is 32.2. The Kier molecular flexibility index (Phi) is 4.09. The predicted molar refractivity (Wildman–Crippen MR) is 63.2 cm³/mol. The molecule has 0 bridgehead atoms. The van der Waals surface area contributed by atoms with E-state index in [9.17, 15) is 4.79 Å². The van der Waals surface area contributed by atoms with Gasteiger partial charge in [-0.15, -0.1) is 11.8 Å². The van der Waals surface area contributed by atoms with E-state index in [2.05, 4.69) is 6.92 Å². The number of carbonyl (C=O) groups is 1. The van der Waals surface area contributed by atoms with Gasteiger partial charge in [-0.05, 0) is 26.2 Å². The fourth-order valence-corrected chi connectivity index (χ4v) is 3.71. The van der Waals surface area contributed by atoms with Gasteiger partial charge in [-0.1, -0.05) is 12.8 Å². The van der Waals surface area contributed by atoms with Gasteiger partial charge in [-0.3, -0.25) is 4.79 Å². The highest BCUT2D eigenvalue weighted by Gasteiger charge is 2.27. The summed E-state index contributed by atoms with van der Waals surface area (Å²) in [5.74, 6) is 1.58. The van der Waals surface area contributed by atoms with Crippen molar-refractivity contribution in [2.45, 2.75) is 50.4 Å². The lowest BCUT2D eigenvalue weighted by Gasteiger charge is -2.14. The third-order valence-electron chi connectivity index (χ3n) is 3.56. The van der Waals surface area contributed by atoms with Gasteiger partial charge in [-0.25, -0.2) is 0 Å². The highest BCUT2D eigenvalue weighted by Crippen LogP contribution is 2.30. The van der Waals surface area contributed by atoms with E-state index in [-0.39, 0.29) is 0 Å². The number of thioether (sulfide) groups is 1. The molecular formula is C12H20O2S. The molecule has 2 aliphatic rings. The van der Waals surface area contributed by atoms with Crippen LogP contribution in [0, 0.1) is 5.92 Å². The zero-order chi connectivity index (χ0) is 10.7. The van der Waals surface area contributed by atoms with Crippen LogP contribution in [0.25, 0.3) is 0 Å². The Hall–Kier alpha value is -0.0200. The van der Waals surface area contributed by atoms with Gasteiger partial charge in [-0.2, -0.15) is 0 Å². The normalized spacial score (nSPS) is 32.3. The van der Waals surface area contributed by atoms with E-state index in [0.717, 1.165) is 25.9 Å². The van der Waals surface area contributed by atoms with Crippen LogP contribution in [0.5, 0.6) is 0 Å². The second-order valence-corrected chi connectivity index (χ2v) is 5.89. The molecule has 0 spiro atoms. The van der Waals surface area contributed by atoms with Crippen LogP contribution in [0.15, 0.2) is 0 Å². The van der Waals surface area contributed by atoms with Crippen molar-refractivity contribution in [1.29, 1.82) is 0 Å². The quantitative estimate of drug-likeness (QED) is 0.740. The van der Waals surface area contributed by atoms with E-state index in [1.54, 1.807) is 0 Å². The molecule has 2 fully saturated rings. The minimum atomic E-state index is 0.339. The summed E-state index contributed by atoms with van der Waals surface area (Å²) in [6.45, 7) is 2.99. The average Bonchev–Trinajstić information content (AvgIpc) is 2.85. The van der Waals surface area contributed by atoms with Gasteiger partial charge < -0.3 is 4.74 Å². The Morgan fingerprint density at radius 3 is 2.67 bits per heavy atom. The lowest BCUT2D eigenvalue weighted by molar-refractivity contribution is -0.120. The minimum absolute atomic E-state index is 0.339. The molecule has 15 heavy (non-hydrogen) atoms. The van der Waals surface area contributed by atoms with E-state index < -0.39 is 0 Å². The number of rotatable bonds is 4. The smallest absolute Gasteiger partial charge is 0.145 e. The zero-order valence-corrected chi connectivity index (χ0v) is 10.2. The summed E-state index contributed by atoms with van der Waals surface area (Å²) in [6, 6.07) is 0. The van der Waals surface area contributed by atoms with Crippen LogP contribution < -0.4 is 0 Å². The summed E-state index contributed by atoms with van der Waals surface area (Å²) in [5, 5.41) is 0.551. The third kappa shape index (κ3) is 2.97. The predicted octanol–water partition coefficient (Wildman–Crippen LogP) is 2.66. The van der Waals surface area contributed by atoms with Crippen molar-refractivity contribution in [2.24, 2.45) is 5.92 Å². The average molecular weight is 228 g/mol. The Morgan fingerprint density at radius 1 is 1.33 bits per heavy atom. The molecule has 1 heterocycles. The summed E-state index contributed by atoms with van der Waals surface area (Å²) in [5.41, 5.74) is 0. The van der Waals surface area contributed by atoms with Crippen molar-refractivity contribution < 1.29 is 9.53 Å². The number of ketones is 1. The molecule has 0 radical (unpaired) electrons. The summed E-state index contributed by atoms with van der Waals surface area (Å²) in [4.78, 5) is 11.8. The van der Waals surface area contributed by atoms with Gasteiger partial charge in [0, 0.05) is 17.8 Å². The summed E-state index contributed by atoms with van der Waals surface area (Å²) in [7, 11) is 0. The van der Waals surface area contributed by atoms with Gasteiger partial charge in [0.2, 0.25) is 0 Å². The van der Waals surface area contributed by atoms with Crippen LogP contribution in [0.1, 0.15) is 39.0 Å². The second kappa shape index (κ2) is 5.35. The minimum Gasteiger partial charge on any atom is -0.377 e. The largest absolute Gasteiger partial charge is 0.377 e. The first kappa shape index (κ1) is 11.5. The van der Waals surface area contributed by atoms with E-state index >= 15 is 0 Å². The Labute approximate surface area is 96.1 Å². The molecule has 1 saturated carbocycles. The highest BCUT2D eigenvalue weighted by molar-refractivity contribution is 8.00. The fraction of sp³-hybridized carbons (Fsp3) is 0.917. The van der Waals surface area contributed by atoms with Crippen molar-refractivity contribution in [2.75, 3.05) is 12.4 Å². The van der Waals surface area contributed by atoms with Gasteiger partial charge in [0.1, 0.15) is 5.78 Å². The number of hydrogen-bond acceptors (Lipinski definition) is 3. The van der Waals surface area contributed by atoms with Gasteiger partial charge in [0.25, 0.3) is 0 Å². The summed E-state index contributed by atoms with van der Waals surface area (Å²) in [6.07, 6.45) is 6.23. The van der Waals surface area contributed by atoms with E-state index in [1.807, 2.05) is 11.8 Å². The van der Waals surface area contributed by atoms with Gasteiger partial charge in [0.05, 0.1) is 11.9 Å². The maximum absolute atomic E-state index is 11.8. The number of hydrogen-bond donors (Lipinski definition) is 0. The van der Waals surface area contributed by atoms with E-state index in [4.69, 9.17) is 4.74 Å². The number of ether oxygens (including phenoxy) is 1. The first-order chi connectivity index (χ1) is 7.27. The third-order valence-corrected chi connectivity index (χ3v) is 5.06. The first-order valence-electron chi connectivity index (χ1n) is 6.03. The number of carbonyl (C=O) groups excluding carboxylic acids is 1. The van der Waals surface area contributed by atoms with Crippen molar-refractivity contribution in [3.05, 3.63) is 0 Å². The molecule has 0 aromatic rings. The molecule has 1 aliphatic carbocycles. The molecule has 0 amide bonds. The molecular weight excluding hydrogens is 208 g/mol. The molecule has 2 unspecified atom stereocenters. The molecule has 3 heteroatoms. The molecule has 2 rings (SSSR count). The monoisotopic (exact) mass is 228 g/mol.